The summed E-state index contributed by atoms with van der Waals surface area (Å²) in [5.74, 6) is -0.216. The minimum atomic E-state index is -0.161. The highest BCUT2D eigenvalue weighted by molar-refractivity contribution is 7.80. The molecule has 0 radical (unpaired) electrons. The summed E-state index contributed by atoms with van der Waals surface area (Å²) in [5.41, 5.74) is 2.04. The fraction of sp³-hybridized carbons (Fsp3) is 0.464. The van der Waals surface area contributed by atoms with E-state index in [2.05, 4.69) is 22.9 Å². The SMILES string of the molecule is CCCCCCCCCCCCCC(=O)NC(=S)Nc1ccc(NC(=O)c2ccccc2)cc1. The number of thiocarbonyl (C=S) groups is 1. The van der Waals surface area contributed by atoms with Crippen LogP contribution in [0.25, 0.3) is 0 Å². The van der Waals surface area contributed by atoms with E-state index in [0.29, 0.717) is 17.7 Å². The summed E-state index contributed by atoms with van der Waals surface area (Å²) in [6.07, 6.45) is 14.3. The van der Waals surface area contributed by atoms with Crippen molar-refractivity contribution in [3.8, 4) is 0 Å². The van der Waals surface area contributed by atoms with Crippen LogP contribution in [-0.2, 0) is 4.79 Å². The summed E-state index contributed by atoms with van der Waals surface area (Å²) < 4.78 is 0. The van der Waals surface area contributed by atoms with Gasteiger partial charge in [-0.15, -0.1) is 0 Å². The number of amides is 2. The Morgan fingerprint density at radius 2 is 1.18 bits per heavy atom. The molecule has 0 unspecified atom stereocenters. The fourth-order valence-electron chi connectivity index (χ4n) is 3.73. The van der Waals surface area contributed by atoms with Crippen molar-refractivity contribution in [3.63, 3.8) is 0 Å². The van der Waals surface area contributed by atoms with Gasteiger partial charge in [0.15, 0.2) is 5.11 Å². The van der Waals surface area contributed by atoms with Gasteiger partial charge in [0.25, 0.3) is 5.91 Å². The molecule has 6 heteroatoms. The van der Waals surface area contributed by atoms with Crippen molar-refractivity contribution >= 4 is 40.5 Å². The van der Waals surface area contributed by atoms with E-state index in [1.54, 1.807) is 24.3 Å². The summed E-state index contributed by atoms with van der Waals surface area (Å²) in [4.78, 5) is 24.3. The van der Waals surface area contributed by atoms with Gasteiger partial charge in [0.1, 0.15) is 0 Å². The van der Waals surface area contributed by atoms with Crippen LogP contribution in [0, 0.1) is 0 Å². The molecule has 0 aliphatic heterocycles. The van der Waals surface area contributed by atoms with Crippen molar-refractivity contribution in [2.45, 2.75) is 84.0 Å². The van der Waals surface area contributed by atoms with Crippen molar-refractivity contribution in [2.24, 2.45) is 0 Å². The van der Waals surface area contributed by atoms with Gasteiger partial charge >= 0.3 is 0 Å². The van der Waals surface area contributed by atoms with Crippen molar-refractivity contribution in [1.82, 2.24) is 5.32 Å². The standard InChI is InChI=1S/C28H39N3O2S/c1-2-3-4-5-6-7-8-9-10-11-15-18-26(32)31-28(34)30-25-21-19-24(20-22-25)29-27(33)23-16-13-12-14-17-23/h12-14,16-17,19-22H,2-11,15,18H2,1H3,(H,29,33)(H2,30,31,32,34). The molecule has 0 spiro atoms. The molecule has 2 aromatic carbocycles. The van der Waals surface area contributed by atoms with E-state index in [4.69, 9.17) is 12.2 Å². The van der Waals surface area contributed by atoms with Crippen molar-refractivity contribution in [2.75, 3.05) is 10.6 Å². The summed E-state index contributed by atoms with van der Waals surface area (Å²) in [6.45, 7) is 2.25. The number of nitrogens with one attached hydrogen (secondary N) is 3. The predicted octanol–water partition coefficient (Wildman–Crippen LogP) is 7.45. The Morgan fingerprint density at radius 3 is 1.74 bits per heavy atom. The van der Waals surface area contributed by atoms with Crippen LogP contribution in [-0.4, -0.2) is 16.9 Å². The maximum atomic E-state index is 12.2. The highest BCUT2D eigenvalue weighted by atomic mass is 32.1. The van der Waals surface area contributed by atoms with Crippen molar-refractivity contribution in [1.29, 1.82) is 0 Å². The summed E-state index contributed by atoms with van der Waals surface area (Å²) >= 11 is 5.25. The van der Waals surface area contributed by atoms with Gasteiger partial charge < -0.3 is 16.0 Å². The Kier molecular flexibility index (Phi) is 13.6. The number of carbonyl (C=O) groups excluding carboxylic acids is 2. The molecular weight excluding hydrogens is 442 g/mol. The minimum absolute atomic E-state index is 0.0554. The minimum Gasteiger partial charge on any atom is -0.332 e. The molecule has 3 N–H and O–H groups in total. The van der Waals surface area contributed by atoms with Crippen LogP contribution >= 0.6 is 12.2 Å². The van der Waals surface area contributed by atoms with Gasteiger partial charge in [-0.25, -0.2) is 0 Å². The summed E-state index contributed by atoms with van der Waals surface area (Å²) in [6, 6.07) is 16.3. The zero-order valence-electron chi connectivity index (χ0n) is 20.4. The topological polar surface area (TPSA) is 70.2 Å². The average Bonchev–Trinajstić information content (AvgIpc) is 2.84. The highest BCUT2D eigenvalue weighted by Crippen LogP contribution is 2.15. The molecule has 0 saturated heterocycles. The third-order valence-electron chi connectivity index (χ3n) is 5.70. The second-order valence-corrected chi connectivity index (χ2v) is 9.09. The molecule has 0 bridgehead atoms. The zero-order valence-corrected chi connectivity index (χ0v) is 21.2. The fourth-order valence-corrected chi connectivity index (χ4v) is 3.96. The number of hydrogen-bond donors (Lipinski definition) is 3. The van der Waals surface area contributed by atoms with Gasteiger partial charge in [-0.2, -0.15) is 0 Å². The van der Waals surface area contributed by atoms with Gasteiger partial charge in [-0.1, -0.05) is 89.3 Å². The van der Waals surface area contributed by atoms with Crippen LogP contribution in [0.5, 0.6) is 0 Å². The number of anilines is 2. The molecule has 2 aromatic rings. The smallest absolute Gasteiger partial charge is 0.255 e. The van der Waals surface area contributed by atoms with E-state index < -0.39 is 0 Å². The monoisotopic (exact) mass is 481 g/mol. The average molecular weight is 482 g/mol. The first-order valence-electron chi connectivity index (χ1n) is 12.7. The Bertz CT molecular complexity index is 869. The Morgan fingerprint density at radius 1 is 0.676 bits per heavy atom. The molecular formula is C28H39N3O2S. The van der Waals surface area contributed by atoms with Crippen molar-refractivity contribution < 1.29 is 9.59 Å². The number of benzene rings is 2. The molecule has 0 saturated carbocycles. The first-order valence-corrected chi connectivity index (χ1v) is 13.1. The van der Waals surface area contributed by atoms with Crippen LogP contribution in [0.3, 0.4) is 0 Å². The predicted molar refractivity (Wildman–Crippen MR) is 146 cm³/mol. The first kappa shape index (κ1) is 27.5. The molecule has 0 fully saturated rings. The molecule has 0 heterocycles. The lowest BCUT2D eigenvalue weighted by Crippen LogP contribution is -2.33. The quantitative estimate of drug-likeness (QED) is 0.182. The van der Waals surface area contributed by atoms with Gasteiger partial charge in [0.05, 0.1) is 0 Å². The lowest BCUT2D eigenvalue weighted by atomic mass is 10.1. The molecule has 0 aromatic heterocycles. The number of rotatable bonds is 15. The highest BCUT2D eigenvalue weighted by Gasteiger charge is 2.07. The van der Waals surface area contributed by atoms with E-state index in [0.717, 1.165) is 18.5 Å². The third kappa shape index (κ3) is 11.9. The zero-order chi connectivity index (χ0) is 24.4. The van der Waals surface area contributed by atoms with E-state index in [-0.39, 0.29) is 16.9 Å². The Labute approximate surface area is 210 Å². The number of carbonyl (C=O) groups is 2. The van der Waals surface area contributed by atoms with E-state index in [1.165, 1.54) is 57.8 Å². The molecule has 0 atom stereocenters. The molecule has 2 rings (SSSR count). The maximum Gasteiger partial charge on any atom is 0.255 e. The van der Waals surface area contributed by atoms with E-state index in [9.17, 15) is 9.59 Å². The van der Waals surface area contributed by atoms with Crippen LogP contribution < -0.4 is 16.0 Å². The van der Waals surface area contributed by atoms with Gasteiger partial charge in [0.2, 0.25) is 5.91 Å². The van der Waals surface area contributed by atoms with Crippen LogP contribution in [0.15, 0.2) is 54.6 Å². The molecule has 184 valence electrons. The van der Waals surface area contributed by atoms with Crippen molar-refractivity contribution in [3.05, 3.63) is 60.2 Å². The molecule has 34 heavy (non-hydrogen) atoms. The Balaban J connectivity index is 1.55. The third-order valence-corrected chi connectivity index (χ3v) is 5.90. The Hall–Kier alpha value is -2.73. The second-order valence-electron chi connectivity index (χ2n) is 8.69. The largest absolute Gasteiger partial charge is 0.332 e. The van der Waals surface area contributed by atoms with Gasteiger partial charge in [-0.3, -0.25) is 9.59 Å². The first-order chi connectivity index (χ1) is 16.6. The van der Waals surface area contributed by atoms with Gasteiger partial charge in [0, 0.05) is 23.4 Å². The number of unbranched alkanes of at least 4 members (excludes halogenated alkanes) is 10. The molecule has 2 amide bonds. The van der Waals surface area contributed by atoms with Crippen LogP contribution in [0.4, 0.5) is 11.4 Å². The molecule has 5 nitrogen and oxygen atoms in total. The van der Waals surface area contributed by atoms with Gasteiger partial charge in [-0.05, 0) is 55.0 Å². The van der Waals surface area contributed by atoms with E-state index >= 15 is 0 Å². The normalized spacial score (nSPS) is 10.5. The number of hydrogen-bond acceptors (Lipinski definition) is 3. The second kappa shape index (κ2) is 16.8. The lowest BCUT2D eigenvalue weighted by molar-refractivity contribution is -0.119. The summed E-state index contributed by atoms with van der Waals surface area (Å²) in [5, 5.41) is 8.90. The summed E-state index contributed by atoms with van der Waals surface area (Å²) in [7, 11) is 0. The van der Waals surface area contributed by atoms with Crippen LogP contribution in [0.1, 0.15) is 94.3 Å². The lowest BCUT2D eigenvalue weighted by Gasteiger charge is -2.11. The molecule has 0 aliphatic rings. The maximum absolute atomic E-state index is 12.2. The molecule has 0 aliphatic carbocycles. The van der Waals surface area contributed by atoms with E-state index in [1.807, 2.05) is 30.3 Å². The van der Waals surface area contributed by atoms with Crippen LogP contribution in [0.2, 0.25) is 0 Å².